The first-order valence-corrected chi connectivity index (χ1v) is 5.28. The lowest BCUT2D eigenvalue weighted by atomic mass is 9.96. The van der Waals surface area contributed by atoms with E-state index in [9.17, 15) is 13.6 Å². The summed E-state index contributed by atoms with van der Waals surface area (Å²) in [5.41, 5.74) is 1.20. The molecule has 92 valence electrons. The highest BCUT2D eigenvalue weighted by Crippen LogP contribution is 2.28. The van der Waals surface area contributed by atoms with Gasteiger partial charge in [0.15, 0.2) is 0 Å². The molecule has 0 aliphatic rings. The Morgan fingerprint density at radius 3 is 2.17 bits per heavy atom. The summed E-state index contributed by atoms with van der Waals surface area (Å²) < 4.78 is 26.5. The van der Waals surface area contributed by atoms with Crippen molar-refractivity contribution in [3.05, 3.63) is 59.2 Å². The van der Waals surface area contributed by atoms with Gasteiger partial charge >= 0.3 is 5.97 Å². The lowest BCUT2D eigenvalue weighted by molar-refractivity contribution is 0.0697. The number of hydrogen-bond donors (Lipinski definition) is 1. The van der Waals surface area contributed by atoms with E-state index < -0.39 is 17.6 Å². The second kappa shape index (κ2) is 4.56. The largest absolute Gasteiger partial charge is 0.478 e. The number of carboxylic acid groups (broad SMARTS) is 1. The number of aryl methyl sites for hydroxylation is 1. The summed E-state index contributed by atoms with van der Waals surface area (Å²) in [7, 11) is 0. The van der Waals surface area contributed by atoms with Gasteiger partial charge in [0.1, 0.15) is 11.6 Å². The molecule has 0 spiro atoms. The molecule has 2 rings (SSSR count). The van der Waals surface area contributed by atoms with Crippen LogP contribution in [-0.2, 0) is 0 Å². The molecule has 0 aromatic heterocycles. The quantitative estimate of drug-likeness (QED) is 0.880. The van der Waals surface area contributed by atoms with Gasteiger partial charge in [-0.2, -0.15) is 0 Å². The third-order valence-electron chi connectivity index (χ3n) is 2.70. The van der Waals surface area contributed by atoms with E-state index in [4.69, 9.17) is 5.11 Å². The first kappa shape index (κ1) is 12.2. The highest BCUT2D eigenvalue weighted by molar-refractivity contribution is 5.96. The average Bonchev–Trinajstić information content (AvgIpc) is 2.31. The number of carboxylic acids is 1. The molecule has 18 heavy (non-hydrogen) atoms. The number of hydrogen-bond acceptors (Lipinski definition) is 1. The van der Waals surface area contributed by atoms with Crippen LogP contribution in [0, 0.1) is 18.6 Å². The lowest BCUT2D eigenvalue weighted by Crippen LogP contribution is -2.01. The lowest BCUT2D eigenvalue weighted by Gasteiger charge is -2.09. The second-order valence-electron chi connectivity index (χ2n) is 3.95. The van der Waals surface area contributed by atoms with E-state index in [1.165, 1.54) is 24.3 Å². The predicted octanol–water partition coefficient (Wildman–Crippen LogP) is 3.64. The van der Waals surface area contributed by atoms with Gasteiger partial charge in [-0.05, 0) is 53.9 Å². The van der Waals surface area contributed by atoms with E-state index in [1.54, 1.807) is 6.92 Å². The number of rotatable bonds is 2. The molecule has 1 N–H and O–H groups in total. The van der Waals surface area contributed by atoms with Crippen LogP contribution in [0.15, 0.2) is 36.4 Å². The van der Waals surface area contributed by atoms with Crippen LogP contribution in [0.5, 0.6) is 0 Å². The molecule has 0 heterocycles. The van der Waals surface area contributed by atoms with Crippen molar-refractivity contribution in [2.24, 2.45) is 0 Å². The summed E-state index contributed by atoms with van der Waals surface area (Å²) in [5.74, 6) is -2.22. The van der Waals surface area contributed by atoms with Gasteiger partial charge in [-0.3, -0.25) is 0 Å². The number of benzene rings is 2. The Hall–Kier alpha value is -2.23. The van der Waals surface area contributed by atoms with Gasteiger partial charge < -0.3 is 5.11 Å². The van der Waals surface area contributed by atoms with Crippen molar-refractivity contribution in [1.82, 2.24) is 0 Å². The maximum absolute atomic E-state index is 13.2. The topological polar surface area (TPSA) is 37.3 Å². The molecule has 0 aliphatic carbocycles. The summed E-state index contributed by atoms with van der Waals surface area (Å²) >= 11 is 0. The molecule has 2 aromatic carbocycles. The molecule has 2 nitrogen and oxygen atoms in total. The van der Waals surface area contributed by atoms with Crippen LogP contribution in [0.25, 0.3) is 11.1 Å². The molecule has 0 aliphatic heterocycles. The molecular formula is C14H10F2O2. The fourth-order valence-electron chi connectivity index (χ4n) is 1.81. The zero-order valence-electron chi connectivity index (χ0n) is 9.58. The molecule has 0 fully saturated rings. The van der Waals surface area contributed by atoms with Crippen LogP contribution in [0.4, 0.5) is 8.78 Å². The van der Waals surface area contributed by atoms with Gasteiger partial charge in [0.05, 0.1) is 5.56 Å². The summed E-state index contributed by atoms with van der Waals surface area (Å²) in [6.07, 6.45) is 0. The summed E-state index contributed by atoms with van der Waals surface area (Å²) in [4.78, 5) is 11.1. The summed E-state index contributed by atoms with van der Waals surface area (Å²) in [5, 5.41) is 9.06. The zero-order valence-corrected chi connectivity index (χ0v) is 9.58. The van der Waals surface area contributed by atoms with Gasteiger partial charge in [-0.1, -0.05) is 6.07 Å². The Morgan fingerprint density at radius 2 is 1.56 bits per heavy atom. The maximum atomic E-state index is 13.2. The first-order chi connectivity index (χ1) is 8.49. The van der Waals surface area contributed by atoms with Gasteiger partial charge in [-0.25, -0.2) is 13.6 Å². The standard InChI is InChI=1S/C14H10F2O2/c1-8-2-3-9(15)6-12(8)13-7-10(16)4-5-11(13)14(17)18/h2-7H,1H3,(H,17,18). The Kier molecular flexibility index (Phi) is 3.10. The van der Waals surface area contributed by atoms with Crippen LogP contribution in [0.1, 0.15) is 15.9 Å². The molecule has 0 saturated heterocycles. The van der Waals surface area contributed by atoms with E-state index in [0.717, 1.165) is 12.1 Å². The molecule has 0 unspecified atom stereocenters. The maximum Gasteiger partial charge on any atom is 0.336 e. The van der Waals surface area contributed by atoms with Crippen molar-refractivity contribution in [3.8, 4) is 11.1 Å². The van der Waals surface area contributed by atoms with Gasteiger partial charge in [0.25, 0.3) is 0 Å². The van der Waals surface area contributed by atoms with Crippen LogP contribution in [0.2, 0.25) is 0 Å². The van der Waals surface area contributed by atoms with Crippen LogP contribution in [-0.4, -0.2) is 11.1 Å². The number of carbonyl (C=O) groups is 1. The monoisotopic (exact) mass is 248 g/mol. The molecular weight excluding hydrogens is 238 g/mol. The van der Waals surface area contributed by atoms with E-state index in [0.29, 0.717) is 11.1 Å². The summed E-state index contributed by atoms with van der Waals surface area (Å²) in [6, 6.07) is 7.36. The summed E-state index contributed by atoms with van der Waals surface area (Å²) in [6.45, 7) is 1.71. The van der Waals surface area contributed by atoms with Crippen molar-refractivity contribution in [2.75, 3.05) is 0 Å². The fraction of sp³-hybridized carbons (Fsp3) is 0.0714. The third-order valence-corrected chi connectivity index (χ3v) is 2.70. The first-order valence-electron chi connectivity index (χ1n) is 5.28. The minimum Gasteiger partial charge on any atom is -0.478 e. The van der Waals surface area contributed by atoms with E-state index in [2.05, 4.69) is 0 Å². The van der Waals surface area contributed by atoms with E-state index in [-0.39, 0.29) is 11.1 Å². The van der Waals surface area contributed by atoms with Gasteiger partial charge in [-0.15, -0.1) is 0 Å². The van der Waals surface area contributed by atoms with Crippen molar-refractivity contribution in [1.29, 1.82) is 0 Å². The average molecular weight is 248 g/mol. The minimum atomic E-state index is -1.17. The van der Waals surface area contributed by atoms with Crippen LogP contribution < -0.4 is 0 Å². The second-order valence-corrected chi connectivity index (χ2v) is 3.95. The molecule has 0 amide bonds. The van der Waals surface area contributed by atoms with Gasteiger partial charge in [0.2, 0.25) is 0 Å². The third kappa shape index (κ3) is 2.22. The van der Waals surface area contributed by atoms with Crippen LogP contribution in [0.3, 0.4) is 0 Å². The Bertz CT molecular complexity index is 621. The molecule has 4 heteroatoms. The Morgan fingerprint density at radius 1 is 1.00 bits per heavy atom. The SMILES string of the molecule is Cc1ccc(F)cc1-c1cc(F)ccc1C(=O)O. The predicted molar refractivity (Wildman–Crippen MR) is 63.5 cm³/mol. The molecule has 0 bridgehead atoms. The smallest absolute Gasteiger partial charge is 0.336 e. The number of aromatic carboxylic acids is 1. The molecule has 0 saturated carbocycles. The Balaban J connectivity index is 2.73. The van der Waals surface area contributed by atoms with Crippen molar-refractivity contribution < 1.29 is 18.7 Å². The molecule has 0 radical (unpaired) electrons. The molecule has 0 atom stereocenters. The normalized spacial score (nSPS) is 10.4. The Labute approximate surface area is 103 Å². The van der Waals surface area contributed by atoms with Gasteiger partial charge in [0, 0.05) is 0 Å². The molecule has 2 aromatic rings. The fourth-order valence-corrected chi connectivity index (χ4v) is 1.81. The van der Waals surface area contributed by atoms with Crippen molar-refractivity contribution >= 4 is 5.97 Å². The number of halogens is 2. The highest BCUT2D eigenvalue weighted by Gasteiger charge is 2.14. The van der Waals surface area contributed by atoms with E-state index >= 15 is 0 Å². The minimum absolute atomic E-state index is 0.0508. The van der Waals surface area contributed by atoms with Crippen molar-refractivity contribution in [3.63, 3.8) is 0 Å². The highest BCUT2D eigenvalue weighted by atomic mass is 19.1. The van der Waals surface area contributed by atoms with Crippen LogP contribution >= 0.6 is 0 Å². The van der Waals surface area contributed by atoms with E-state index in [1.807, 2.05) is 0 Å². The van der Waals surface area contributed by atoms with Crippen molar-refractivity contribution in [2.45, 2.75) is 6.92 Å². The zero-order chi connectivity index (χ0) is 13.3.